The van der Waals surface area contributed by atoms with Gasteiger partial charge in [0.15, 0.2) is 0 Å². The smallest absolute Gasteiger partial charge is 0.412 e. The van der Waals surface area contributed by atoms with E-state index in [0.29, 0.717) is 17.9 Å². The van der Waals surface area contributed by atoms with Gasteiger partial charge in [0.25, 0.3) is 0 Å². The van der Waals surface area contributed by atoms with Gasteiger partial charge in [-0.15, -0.1) is 0 Å². The number of rotatable bonds is 2. The van der Waals surface area contributed by atoms with Crippen LogP contribution in [-0.4, -0.2) is 53.8 Å². The first-order chi connectivity index (χ1) is 11.6. The van der Waals surface area contributed by atoms with Crippen LogP contribution in [0.2, 0.25) is 5.02 Å². The van der Waals surface area contributed by atoms with Gasteiger partial charge < -0.3 is 9.64 Å². The molecule has 2 aliphatic rings. The monoisotopic (exact) mass is 370 g/mol. The largest absolute Gasteiger partial charge is 0.444 e. The number of piperazine rings is 1. The van der Waals surface area contributed by atoms with Crippen LogP contribution >= 0.6 is 11.6 Å². The van der Waals surface area contributed by atoms with E-state index >= 15 is 0 Å². The molecule has 2 bridgehead atoms. The van der Waals surface area contributed by atoms with Gasteiger partial charge in [-0.25, -0.2) is 9.78 Å². The maximum Gasteiger partial charge on any atom is 0.412 e. The summed E-state index contributed by atoms with van der Waals surface area (Å²) in [6.45, 7) is 6.84. The molecular weight excluding hydrogens is 347 g/mol. The van der Waals surface area contributed by atoms with Crippen LogP contribution in [0.5, 0.6) is 0 Å². The number of carbonyl (C=O) groups is 1. The summed E-state index contributed by atoms with van der Waals surface area (Å²) in [5, 5.41) is 2.31. The fourth-order valence-corrected chi connectivity index (χ4v) is 3.60. The number of aromatic nitrogens is 1. The zero-order valence-corrected chi connectivity index (χ0v) is 15.7. The summed E-state index contributed by atoms with van der Waals surface area (Å²) < 4.78 is 19.4. The number of halogens is 2. The van der Waals surface area contributed by atoms with E-state index in [1.54, 1.807) is 26.8 Å². The number of pyridine rings is 1. The molecule has 6 nitrogen and oxygen atoms in total. The lowest BCUT2D eigenvalue weighted by Crippen LogP contribution is -2.52. The minimum atomic E-state index is -0.795. The number of amides is 1. The second kappa shape index (κ2) is 6.61. The molecule has 1 N–H and O–H groups in total. The SMILES string of the molecule is CN1C2CCC1CN(c1cc(NC(=O)OC(C)(C)C)c(Cl)c(F)n1)C2. The number of nitrogens with one attached hydrogen (secondary N) is 1. The highest BCUT2D eigenvalue weighted by atomic mass is 35.5. The molecule has 1 aromatic heterocycles. The number of nitrogens with zero attached hydrogens (tertiary/aromatic N) is 3. The quantitative estimate of drug-likeness (QED) is 0.807. The summed E-state index contributed by atoms with van der Waals surface area (Å²) in [5.41, 5.74) is -0.480. The Hall–Kier alpha value is -1.60. The molecule has 0 aliphatic carbocycles. The van der Waals surface area contributed by atoms with Gasteiger partial charge >= 0.3 is 6.09 Å². The third-order valence-electron chi connectivity index (χ3n) is 4.71. The van der Waals surface area contributed by atoms with E-state index in [2.05, 4.69) is 27.1 Å². The van der Waals surface area contributed by atoms with Gasteiger partial charge in [-0.2, -0.15) is 4.39 Å². The van der Waals surface area contributed by atoms with E-state index in [9.17, 15) is 9.18 Å². The second-order valence-corrected chi connectivity index (χ2v) is 8.09. The number of ether oxygens (including phenoxy) is 1. The van der Waals surface area contributed by atoms with Crippen LogP contribution in [0, 0.1) is 5.95 Å². The number of fused-ring (bicyclic) bond motifs is 2. The lowest BCUT2D eigenvalue weighted by Gasteiger charge is -2.39. The minimum absolute atomic E-state index is 0.171. The van der Waals surface area contributed by atoms with Crippen LogP contribution in [-0.2, 0) is 4.74 Å². The molecule has 2 unspecified atom stereocenters. The predicted octanol–water partition coefficient (Wildman–Crippen LogP) is 3.50. The average Bonchev–Trinajstić information content (AvgIpc) is 2.71. The minimum Gasteiger partial charge on any atom is -0.444 e. The Kier molecular flexibility index (Phi) is 4.81. The Bertz CT molecular complexity index is 665. The van der Waals surface area contributed by atoms with Crippen molar-refractivity contribution in [3.63, 3.8) is 0 Å². The van der Waals surface area contributed by atoms with E-state index in [1.807, 2.05) is 0 Å². The van der Waals surface area contributed by atoms with Crippen LogP contribution in [0.15, 0.2) is 6.07 Å². The first kappa shape index (κ1) is 18.2. The van der Waals surface area contributed by atoms with Gasteiger partial charge in [-0.05, 0) is 40.7 Å². The molecule has 2 fully saturated rings. The summed E-state index contributed by atoms with van der Waals surface area (Å²) in [7, 11) is 2.13. The first-order valence-electron chi connectivity index (χ1n) is 8.47. The molecular formula is C17H24ClFN4O2. The normalized spacial score (nSPS) is 23.7. The summed E-state index contributed by atoms with van der Waals surface area (Å²) in [5.74, 6) is -0.311. The van der Waals surface area contributed by atoms with E-state index in [-0.39, 0.29) is 10.7 Å². The molecule has 138 valence electrons. The highest BCUT2D eigenvalue weighted by Crippen LogP contribution is 2.34. The van der Waals surface area contributed by atoms with E-state index in [0.717, 1.165) is 25.9 Å². The van der Waals surface area contributed by atoms with Gasteiger partial charge in [-0.3, -0.25) is 10.2 Å². The summed E-state index contributed by atoms with van der Waals surface area (Å²) in [4.78, 5) is 20.4. The Morgan fingerprint density at radius 1 is 1.36 bits per heavy atom. The third kappa shape index (κ3) is 3.98. The van der Waals surface area contributed by atoms with Crippen LogP contribution in [0.3, 0.4) is 0 Å². The zero-order chi connectivity index (χ0) is 18.4. The van der Waals surface area contributed by atoms with Crippen molar-refractivity contribution >= 4 is 29.2 Å². The van der Waals surface area contributed by atoms with Crippen molar-refractivity contribution in [3.8, 4) is 0 Å². The Morgan fingerprint density at radius 3 is 2.52 bits per heavy atom. The fourth-order valence-electron chi connectivity index (χ4n) is 3.45. The van der Waals surface area contributed by atoms with Crippen molar-refractivity contribution in [3.05, 3.63) is 17.0 Å². The average molecular weight is 371 g/mol. The van der Waals surface area contributed by atoms with E-state index in [4.69, 9.17) is 16.3 Å². The summed E-state index contributed by atoms with van der Waals surface area (Å²) in [6.07, 6.45) is 1.59. The number of likely N-dealkylation sites (N-methyl/N-ethyl adjacent to an activating group) is 1. The highest BCUT2D eigenvalue weighted by molar-refractivity contribution is 6.33. The standard InChI is InChI=1S/C17H24ClFN4O2/c1-17(2,3)25-16(24)20-12-7-13(21-15(19)14(12)18)23-8-10-5-6-11(9-23)22(10)4/h7,10-11H,5-6,8-9H2,1-4H3,(H,20,21,24). The van der Waals surface area contributed by atoms with Gasteiger partial charge in [0.05, 0.1) is 5.69 Å². The zero-order valence-electron chi connectivity index (χ0n) is 15.0. The van der Waals surface area contributed by atoms with E-state index < -0.39 is 17.6 Å². The number of anilines is 2. The molecule has 0 aromatic carbocycles. The molecule has 0 radical (unpaired) electrons. The maximum atomic E-state index is 14.2. The molecule has 8 heteroatoms. The molecule has 1 aromatic rings. The second-order valence-electron chi connectivity index (χ2n) is 7.72. The number of hydrogen-bond acceptors (Lipinski definition) is 5. The van der Waals surface area contributed by atoms with Crippen LogP contribution < -0.4 is 10.2 Å². The van der Waals surface area contributed by atoms with Crippen molar-refractivity contribution in [2.75, 3.05) is 30.4 Å². The third-order valence-corrected chi connectivity index (χ3v) is 5.07. The number of carbonyl (C=O) groups excluding carboxylic acids is 1. The van der Waals surface area contributed by atoms with Crippen molar-refractivity contribution < 1.29 is 13.9 Å². The van der Waals surface area contributed by atoms with Crippen molar-refractivity contribution in [1.29, 1.82) is 0 Å². The Labute approximate surface area is 152 Å². The Balaban J connectivity index is 1.80. The first-order valence-corrected chi connectivity index (χ1v) is 8.85. The summed E-state index contributed by atoms with van der Waals surface area (Å²) in [6, 6.07) is 2.50. The molecule has 0 spiro atoms. The summed E-state index contributed by atoms with van der Waals surface area (Å²) >= 11 is 5.98. The number of hydrogen-bond donors (Lipinski definition) is 1. The Morgan fingerprint density at radius 2 is 1.96 bits per heavy atom. The maximum absolute atomic E-state index is 14.2. The van der Waals surface area contributed by atoms with Crippen LogP contribution in [0.1, 0.15) is 33.6 Å². The molecule has 1 amide bonds. The van der Waals surface area contributed by atoms with Gasteiger partial charge in [0.2, 0.25) is 5.95 Å². The van der Waals surface area contributed by atoms with Gasteiger partial charge in [0.1, 0.15) is 16.4 Å². The van der Waals surface area contributed by atoms with E-state index in [1.165, 1.54) is 0 Å². The molecule has 2 atom stereocenters. The molecule has 2 saturated heterocycles. The molecule has 2 aliphatic heterocycles. The van der Waals surface area contributed by atoms with Crippen molar-refractivity contribution in [2.24, 2.45) is 0 Å². The van der Waals surface area contributed by atoms with Crippen molar-refractivity contribution in [2.45, 2.75) is 51.3 Å². The highest BCUT2D eigenvalue weighted by Gasteiger charge is 2.38. The van der Waals surface area contributed by atoms with Crippen LogP contribution in [0.4, 0.5) is 20.7 Å². The predicted molar refractivity (Wildman–Crippen MR) is 95.8 cm³/mol. The molecule has 0 saturated carbocycles. The lowest BCUT2D eigenvalue weighted by atomic mass is 10.2. The topological polar surface area (TPSA) is 57.7 Å². The van der Waals surface area contributed by atoms with Gasteiger partial charge in [0, 0.05) is 31.2 Å². The lowest BCUT2D eigenvalue weighted by molar-refractivity contribution is 0.0636. The van der Waals surface area contributed by atoms with Gasteiger partial charge in [-0.1, -0.05) is 11.6 Å². The van der Waals surface area contributed by atoms with Crippen molar-refractivity contribution in [1.82, 2.24) is 9.88 Å². The molecule has 25 heavy (non-hydrogen) atoms. The molecule has 3 rings (SSSR count). The molecule has 3 heterocycles. The fraction of sp³-hybridized carbons (Fsp3) is 0.647. The van der Waals surface area contributed by atoms with Crippen LogP contribution in [0.25, 0.3) is 0 Å².